The Bertz CT molecular complexity index is 71.4. The van der Waals surface area contributed by atoms with Gasteiger partial charge in [-0.1, -0.05) is 0 Å². The van der Waals surface area contributed by atoms with Gasteiger partial charge in [0.1, 0.15) is 6.04 Å². The summed E-state index contributed by atoms with van der Waals surface area (Å²) in [6.45, 7) is 0.819. The van der Waals surface area contributed by atoms with Crippen LogP contribution in [0.4, 0.5) is 13.2 Å². The molecule has 8 heavy (non-hydrogen) atoms. The van der Waals surface area contributed by atoms with Crippen LogP contribution in [0.25, 0.3) is 0 Å². The molecule has 0 aliphatic rings. The molecule has 0 aliphatic heterocycles. The summed E-state index contributed by atoms with van der Waals surface area (Å²) in [6.07, 6.45) is -4.35. The maximum absolute atomic E-state index is 11.2. The van der Waals surface area contributed by atoms with Gasteiger partial charge in [-0.15, -0.1) is 0 Å². The molecular formula is C3H6F3NO. The third kappa shape index (κ3) is 2.13. The lowest BCUT2D eigenvalue weighted by atomic mass is 10.4. The molecule has 0 aliphatic carbocycles. The average Bonchev–Trinajstić information content (AvgIpc) is 1.62. The summed E-state index contributed by atoms with van der Waals surface area (Å²) in [6, 6.07) is -1.84. The van der Waals surface area contributed by atoms with Gasteiger partial charge in [-0.05, 0) is 6.92 Å². The normalized spacial score (nSPS) is 16.1. The van der Waals surface area contributed by atoms with Gasteiger partial charge in [-0.25, -0.2) is 0 Å². The Morgan fingerprint density at radius 3 is 1.88 bits per heavy atom. The molecule has 5 heteroatoms. The third-order valence-electron chi connectivity index (χ3n) is 0.685. The average molecular weight is 129 g/mol. The molecule has 1 unspecified atom stereocenters. The van der Waals surface area contributed by atoms with E-state index in [4.69, 9.17) is 5.21 Å². The minimum absolute atomic E-state index is 0.819. The van der Waals surface area contributed by atoms with Crippen molar-refractivity contribution < 1.29 is 18.4 Å². The Labute approximate surface area is 44.3 Å². The van der Waals surface area contributed by atoms with Crippen LogP contribution in [0.1, 0.15) is 6.92 Å². The van der Waals surface area contributed by atoms with E-state index in [0.29, 0.717) is 0 Å². The van der Waals surface area contributed by atoms with Crippen molar-refractivity contribution in [3.63, 3.8) is 0 Å². The molecule has 0 aromatic heterocycles. The molecule has 2 nitrogen and oxygen atoms in total. The van der Waals surface area contributed by atoms with Gasteiger partial charge in [-0.2, -0.15) is 18.7 Å². The van der Waals surface area contributed by atoms with Crippen molar-refractivity contribution in [2.75, 3.05) is 0 Å². The molecule has 0 saturated carbocycles. The summed E-state index contributed by atoms with van der Waals surface area (Å²) in [7, 11) is 0. The lowest BCUT2D eigenvalue weighted by Gasteiger charge is -2.11. The van der Waals surface area contributed by atoms with Gasteiger partial charge in [0.15, 0.2) is 0 Å². The van der Waals surface area contributed by atoms with E-state index in [0.717, 1.165) is 12.4 Å². The fourth-order valence-electron chi connectivity index (χ4n) is 0.0732. The Morgan fingerprint density at radius 2 is 1.88 bits per heavy atom. The standard InChI is InChI=1S/C3H6F3NO/c1-2(7-8)3(4,5)6/h2,7-8H,1H3. The quantitative estimate of drug-likeness (QED) is 0.516. The van der Waals surface area contributed by atoms with Gasteiger partial charge in [0.2, 0.25) is 0 Å². The van der Waals surface area contributed by atoms with E-state index in [9.17, 15) is 13.2 Å². The highest BCUT2D eigenvalue weighted by atomic mass is 19.4. The highest BCUT2D eigenvalue weighted by Crippen LogP contribution is 2.18. The number of rotatable bonds is 1. The molecule has 0 radical (unpaired) electrons. The zero-order valence-electron chi connectivity index (χ0n) is 4.16. The molecule has 0 spiro atoms. The van der Waals surface area contributed by atoms with Crippen molar-refractivity contribution in [2.24, 2.45) is 0 Å². The number of halogens is 3. The monoisotopic (exact) mass is 129 g/mol. The first-order valence-electron chi connectivity index (χ1n) is 1.95. The number of hydrogen-bond acceptors (Lipinski definition) is 2. The molecule has 0 saturated heterocycles. The lowest BCUT2D eigenvalue weighted by Crippen LogP contribution is -2.37. The summed E-state index contributed by atoms with van der Waals surface area (Å²) in [4.78, 5) is 0. The molecule has 0 rings (SSSR count). The molecule has 1 atom stereocenters. The second kappa shape index (κ2) is 2.32. The van der Waals surface area contributed by atoms with Crippen LogP contribution in [0.5, 0.6) is 0 Å². The van der Waals surface area contributed by atoms with E-state index in [1.807, 2.05) is 0 Å². The Balaban J connectivity index is 3.62. The maximum atomic E-state index is 11.2. The lowest BCUT2D eigenvalue weighted by molar-refractivity contribution is -0.171. The Hall–Kier alpha value is -0.290. The fourth-order valence-corrected chi connectivity index (χ4v) is 0.0732. The number of hydrogen-bond donors (Lipinski definition) is 2. The van der Waals surface area contributed by atoms with E-state index in [2.05, 4.69) is 0 Å². The molecule has 0 bridgehead atoms. The zero-order chi connectivity index (χ0) is 6.78. The first-order chi connectivity index (χ1) is 3.48. The molecule has 0 fully saturated rings. The molecule has 0 aromatic rings. The third-order valence-corrected chi connectivity index (χ3v) is 0.685. The van der Waals surface area contributed by atoms with E-state index < -0.39 is 12.2 Å². The fraction of sp³-hybridized carbons (Fsp3) is 1.00. The highest BCUT2D eigenvalue weighted by molar-refractivity contribution is 4.63. The van der Waals surface area contributed by atoms with Gasteiger partial charge in [0, 0.05) is 0 Å². The number of alkyl halides is 3. The van der Waals surface area contributed by atoms with Crippen LogP contribution in [0.2, 0.25) is 0 Å². The van der Waals surface area contributed by atoms with Crippen LogP contribution in [-0.2, 0) is 0 Å². The molecule has 0 heterocycles. The zero-order valence-corrected chi connectivity index (χ0v) is 4.16. The predicted octanol–water partition coefficient (Wildman–Crippen LogP) is 0.916. The molecule has 0 aromatic carbocycles. The van der Waals surface area contributed by atoms with E-state index >= 15 is 0 Å². The minimum Gasteiger partial charge on any atom is -0.316 e. The minimum atomic E-state index is -4.35. The van der Waals surface area contributed by atoms with Gasteiger partial charge in [0.05, 0.1) is 0 Å². The topological polar surface area (TPSA) is 32.3 Å². The van der Waals surface area contributed by atoms with Crippen LogP contribution in [0, 0.1) is 0 Å². The summed E-state index contributed by atoms with van der Waals surface area (Å²) >= 11 is 0. The Kier molecular flexibility index (Phi) is 2.24. The Morgan fingerprint density at radius 1 is 1.50 bits per heavy atom. The second-order valence-corrected chi connectivity index (χ2v) is 1.39. The number of nitrogens with one attached hydrogen (secondary N) is 1. The van der Waals surface area contributed by atoms with Gasteiger partial charge < -0.3 is 5.21 Å². The molecule has 50 valence electrons. The predicted molar refractivity (Wildman–Crippen MR) is 20.4 cm³/mol. The second-order valence-electron chi connectivity index (χ2n) is 1.39. The number of hydroxylamine groups is 1. The molecule has 2 N–H and O–H groups in total. The van der Waals surface area contributed by atoms with Crippen molar-refractivity contribution in [3.8, 4) is 0 Å². The van der Waals surface area contributed by atoms with Crippen molar-refractivity contribution in [2.45, 2.75) is 19.1 Å². The molecular weight excluding hydrogens is 123 g/mol. The van der Waals surface area contributed by atoms with Crippen LogP contribution in [-0.4, -0.2) is 17.4 Å². The first-order valence-corrected chi connectivity index (χ1v) is 1.95. The highest BCUT2D eigenvalue weighted by Gasteiger charge is 2.35. The van der Waals surface area contributed by atoms with Crippen molar-refractivity contribution in [1.29, 1.82) is 0 Å². The van der Waals surface area contributed by atoms with E-state index in [1.165, 1.54) is 0 Å². The maximum Gasteiger partial charge on any atom is 0.405 e. The van der Waals surface area contributed by atoms with Gasteiger partial charge >= 0.3 is 6.18 Å². The van der Waals surface area contributed by atoms with Crippen molar-refractivity contribution in [1.82, 2.24) is 5.48 Å². The molecule has 0 amide bonds. The first kappa shape index (κ1) is 7.71. The van der Waals surface area contributed by atoms with Crippen LogP contribution >= 0.6 is 0 Å². The summed E-state index contributed by atoms with van der Waals surface area (Å²) in [5.41, 5.74) is 1.08. The van der Waals surface area contributed by atoms with Gasteiger partial charge in [-0.3, -0.25) is 0 Å². The van der Waals surface area contributed by atoms with E-state index in [-0.39, 0.29) is 0 Å². The largest absolute Gasteiger partial charge is 0.405 e. The smallest absolute Gasteiger partial charge is 0.316 e. The summed E-state index contributed by atoms with van der Waals surface area (Å²) in [5.74, 6) is 0. The van der Waals surface area contributed by atoms with Crippen molar-refractivity contribution in [3.05, 3.63) is 0 Å². The van der Waals surface area contributed by atoms with Crippen LogP contribution in [0.15, 0.2) is 0 Å². The van der Waals surface area contributed by atoms with Crippen LogP contribution < -0.4 is 5.48 Å². The van der Waals surface area contributed by atoms with Crippen LogP contribution in [0.3, 0.4) is 0 Å². The van der Waals surface area contributed by atoms with E-state index in [1.54, 1.807) is 0 Å². The summed E-state index contributed by atoms with van der Waals surface area (Å²) < 4.78 is 33.7. The summed E-state index contributed by atoms with van der Waals surface area (Å²) in [5, 5.41) is 7.70. The SMILES string of the molecule is CC(NO)C(F)(F)F. The van der Waals surface area contributed by atoms with Crippen molar-refractivity contribution >= 4 is 0 Å². The van der Waals surface area contributed by atoms with Gasteiger partial charge in [0.25, 0.3) is 0 Å².